The van der Waals surface area contributed by atoms with Crippen LogP contribution in [0.3, 0.4) is 0 Å². The highest BCUT2D eigenvalue weighted by Crippen LogP contribution is 2.20. The summed E-state index contributed by atoms with van der Waals surface area (Å²) >= 11 is 0. The molecular weight excluding hydrogens is 200 g/mol. The second kappa shape index (κ2) is 5.88. The molecule has 0 heterocycles. The van der Waals surface area contributed by atoms with Crippen molar-refractivity contribution in [2.24, 2.45) is 5.92 Å². The van der Waals surface area contributed by atoms with E-state index in [4.69, 9.17) is 4.74 Å². The molecule has 0 aromatic rings. The average molecular weight is 220 g/mol. The van der Waals surface area contributed by atoms with Crippen molar-refractivity contribution in [3.63, 3.8) is 0 Å². The van der Waals surface area contributed by atoms with E-state index in [-0.39, 0.29) is 11.9 Å². The van der Waals surface area contributed by atoms with E-state index >= 15 is 0 Å². The Morgan fingerprint density at radius 3 is 2.94 bits per heavy atom. The van der Waals surface area contributed by atoms with E-state index in [9.17, 15) is 4.79 Å². The van der Waals surface area contributed by atoms with E-state index in [1.807, 2.05) is 6.08 Å². The zero-order chi connectivity index (χ0) is 11.2. The van der Waals surface area contributed by atoms with Crippen LogP contribution in [0, 0.1) is 5.92 Å². The van der Waals surface area contributed by atoms with E-state index in [1.54, 1.807) is 0 Å². The van der Waals surface area contributed by atoms with Crippen molar-refractivity contribution >= 4 is 5.97 Å². The van der Waals surface area contributed by atoms with Crippen LogP contribution in [0.2, 0.25) is 0 Å². The first-order valence-corrected chi connectivity index (χ1v) is 6.37. The standard InChI is InChI=1S/C14H20O2/c15-14(13-9-5-2-6-10-13)16-11-12-7-3-1-4-8-12/h5,7,9,13H,1-4,6,8,10-11H2. The summed E-state index contributed by atoms with van der Waals surface area (Å²) in [6.07, 6.45) is 14.3. The predicted molar refractivity (Wildman–Crippen MR) is 64.0 cm³/mol. The zero-order valence-electron chi connectivity index (χ0n) is 9.78. The van der Waals surface area contributed by atoms with Gasteiger partial charge in [-0.05, 0) is 50.5 Å². The molecule has 1 atom stereocenters. The Bertz CT molecular complexity index is 302. The van der Waals surface area contributed by atoms with Crippen LogP contribution in [0.4, 0.5) is 0 Å². The Morgan fingerprint density at radius 1 is 1.31 bits per heavy atom. The molecule has 0 saturated carbocycles. The van der Waals surface area contributed by atoms with Gasteiger partial charge in [0.1, 0.15) is 6.61 Å². The normalized spacial score (nSPS) is 25.0. The van der Waals surface area contributed by atoms with Gasteiger partial charge in [-0.1, -0.05) is 18.2 Å². The van der Waals surface area contributed by atoms with Crippen LogP contribution in [-0.4, -0.2) is 12.6 Å². The number of rotatable bonds is 3. The number of esters is 1. The first kappa shape index (κ1) is 11.4. The Balaban J connectivity index is 1.76. The maximum atomic E-state index is 11.7. The fourth-order valence-electron chi connectivity index (χ4n) is 2.32. The molecule has 88 valence electrons. The summed E-state index contributed by atoms with van der Waals surface area (Å²) in [7, 11) is 0. The first-order chi connectivity index (χ1) is 7.86. The molecule has 16 heavy (non-hydrogen) atoms. The smallest absolute Gasteiger partial charge is 0.313 e. The highest BCUT2D eigenvalue weighted by Gasteiger charge is 2.19. The largest absolute Gasteiger partial charge is 0.461 e. The van der Waals surface area contributed by atoms with Crippen molar-refractivity contribution < 1.29 is 9.53 Å². The van der Waals surface area contributed by atoms with Crippen LogP contribution in [0.1, 0.15) is 44.9 Å². The molecule has 0 radical (unpaired) electrons. The van der Waals surface area contributed by atoms with Gasteiger partial charge in [-0.25, -0.2) is 0 Å². The molecule has 0 N–H and O–H groups in total. The molecule has 0 saturated heterocycles. The number of carbonyl (C=O) groups is 1. The van der Waals surface area contributed by atoms with Gasteiger partial charge in [0.15, 0.2) is 0 Å². The monoisotopic (exact) mass is 220 g/mol. The minimum atomic E-state index is -0.0394. The molecule has 2 rings (SSSR count). The lowest BCUT2D eigenvalue weighted by molar-refractivity contribution is -0.146. The van der Waals surface area contributed by atoms with Crippen molar-refractivity contribution in [2.45, 2.75) is 44.9 Å². The van der Waals surface area contributed by atoms with Gasteiger partial charge in [-0.15, -0.1) is 0 Å². The number of allylic oxidation sites excluding steroid dienone is 2. The first-order valence-electron chi connectivity index (χ1n) is 6.37. The van der Waals surface area contributed by atoms with Crippen molar-refractivity contribution in [3.05, 3.63) is 23.8 Å². The summed E-state index contributed by atoms with van der Waals surface area (Å²) in [5.41, 5.74) is 1.30. The van der Waals surface area contributed by atoms with Crippen molar-refractivity contribution in [2.75, 3.05) is 6.61 Å². The topological polar surface area (TPSA) is 26.3 Å². The molecule has 0 fully saturated rings. The number of ether oxygens (including phenoxy) is 1. The fourth-order valence-corrected chi connectivity index (χ4v) is 2.32. The Kier molecular flexibility index (Phi) is 4.20. The summed E-state index contributed by atoms with van der Waals surface area (Å²) < 4.78 is 5.36. The van der Waals surface area contributed by atoms with Crippen molar-refractivity contribution in [1.29, 1.82) is 0 Å². The van der Waals surface area contributed by atoms with Crippen LogP contribution in [-0.2, 0) is 9.53 Å². The summed E-state index contributed by atoms with van der Waals surface area (Å²) in [6.45, 7) is 0.517. The molecule has 2 nitrogen and oxygen atoms in total. The minimum Gasteiger partial charge on any atom is -0.461 e. The molecule has 2 aliphatic carbocycles. The van der Waals surface area contributed by atoms with E-state index in [0.29, 0.717) is 6.61 Å². The summed E-state index contributed by atoms with van der Waals surface area (Å²) in [6, 6.07) is 0. The molecular formula is C14H20O2. The molecule has 0 aromatic carbocycles. The quantitative estimate of drug-likeness (QED) is 0.538. The maximum absolute atomic E-state index is 11.7. The van der Waals surface area contributed by atoms with Crippen molar-refractivity contribution in [1.82, 2.24) is 0 Å². The SMILES string of the molecule is O=C(OCC1=CCCCC1)C1C=CCCC1. The van der Waals surface area contributed by atoms with Crippen LogP contribution >= 0.6 is 0 Å². The summed E-state index contributed by atoms with van der Waals surface area (Å²) in [4.78, 5) is 11.7. The molecule has 1 unspecified atom stereocenters. The van der Waals surface area contributed by atoms with Gasteiger partial charge in [-0.3, -0.25) is 4.79 Å². The lowest BCUT2D eigenvalue weighted by Gasteiger charge is -2.17. The van der Waals surface area contributed by atoms with Gasteiger partial charge < -0.3 is 4.74 Å². The zero-order valence-corrected chi connectivity index (χ0v) is 9.78. The van der Waals surface area contributed by atoms with Gasteiger partial charge in [0.05, 0.1) is 5.92 Å². The molecule has 0 bridgehead atoms. The fraction of sp³-hybridized carbons (Fsp3) is 0.643. The molecule has 0 aliphatic heterocycles. The second-order valence-electron chi connectivity index (χ2n) is 4.68. The van der Waals surface area contributed by atoms with Gasteiger partial charge >= 0.3 is 5.97 Å². The molecule has 2 heteroatoms. The Labute approximate surface area is 97.4 Å². The molecule has 2 aliphatic rings. The lowest BCUT2D eigenvalue weighted by atomic mass is 9.96. The van der Waals surface area contributed by atoms with Gasteiger partial charge in [0.25, 0.3) is 0 Å². The third kappa shape index (κ3) is 3.22. The number of hydrogen-bond acceptors (Lipinski definition) is 2. The summed E-state index contributed by atoms with van der Waals surface area (Å²) in [5.74, 6) is -0.0274. The highest BCUT2D eigenvalue weighted by atomic mass is 16.5. The van der Waals surface area contributed by atoms with E-state index in [0.717, 1.165) is 32.1 Å². The highest BCUT2D eigenvalue weighted by molar-refractivity contribution is 5.74. The average Bonchev–Trinajstić information content (AvgIpc) is 2.38. The lowest BCUT2D eigenvalue weighted by Crippen LogP contribution is -2.19. The second-order valence-corrected chi connectivity index (χ2v) is 4.68. The van der Waals surface area contributed by atoms with Crippen LogP contribution in [0.5, 0.6) is 0 Å². The Morgan fingerprint density at radius 2 is 2.25 bits per heavy atom. The number of hydrogen-bond donors (Lipinski definition) is 0. The number of carbonyl (C=O) groups excluding carboxylic acids is 1. The molecule has 0 aromatic heterocycles. The van der Waals surface area contributed by atoms with Crippen LogP contribution in [0.25, 0.3) is 0 Å². The van der Waals surface area contributed by atoms with Gasteiger partial charge in [0.2, 0.25) is 0 Å². The summed E-state index contributed by atoms with van der Waals surface area (Å²) in [5, 5.41) is 0. The van der Waals surface area contributed by atoms with Crippen LogP contribution in [0.15, 0.2) is 23.8 Å². The molecule has 0 amide bonds. The van der Waals surface area contributed by atoms with Gasteiger partial charge in [0, 0.05) is 0 Å². The Hall–Kier alpha value is -1.05. The predicted octanol–water partition coefficient (Wildman–Crippen LogP) is 3.39. The van der Waals surface area contributed by atoms with E-state index < -0.39 is 0 Å². The van der Waals surface area contributed by atoms with Crippen LogP contribution < -0.4 is 0 Å². The minimum absolute atomic E-state index is 0.0120. The van der Waals surface area contributed by atoms with E-state index in [2.05, 4.69) is 12.2 Å². The van der Waals surface area contributed by atoms with Gasteiger partial charge in [-0.2, -0.15) is 0 Å². The maximum Gasteiger partial charge on any atom is 0.313 e. The third-order valence-corrected chi connectivity index (χ3v) is 3.34. The van der Waals surface area contributed by atoms with Crippen molar-refractivity contribution in [3.8, 4) is 0 Å². The molecule has 0 spiro atoms. The third-order valence-electron chi connectivity index (χ3n) is 3.34. The van der Waals surface area contributed by atoms with E-state index in [1.165, 1.54) is 18.4 Å².